The fourth-order valence-corrected chi connectivity index (χ4v) is 1.69. The van der Waals surface area contributed by atoms with Gasteiger partial charge in [-0.2, -0.15) is 0 Å². The van der Waals surface area contributed by atoms with Crippen LogP contribution in [0.1, 0.15) is 21.7 Å². The number of hydrogen-bond donors (Lipinski definition) is 1. The third kappa shape index (κ3) is 1.69. The van der Waals surface area contributed by atoms with Crippen LogP contribution in [-0.4, -0.2) is 20.6 Å². The summed E-state index contributed by atoms with van der Waals surface area (Å²) in [5, 5.41) is 8.87. The SMILES string of the molecule is Cc1cc(C(=O)O)ccc1-n1ccnc1C. The zero-order chi connectivity index (χ0) is 11.7. The average molecular weight is 216 g/mol. The van der Waals surface area contributed by atoms with Crippen LogP contribution in [0.5, 0.6) is 0 Å². The van der Waals surface area contributed by atoms with E-state index in [1.54, 1.807) is 24.4 Å². The molecule has 1 N–H and O–H groups in total. The third-order valence-electron chi connectivity index (χ3n) is 2.53. The Morgan fingerprint density at radius 3 is 2.62 bits per heavy atom. The minimum atomic E-state index is -0.906. The highest BCUT2D eigenvalue weighted by Gasteiger charge is 2.07. The summed E-state index contributed by atoms with van der Waals surface area (Å²) in [5.41, 5.74) is 2.18. The highest BCUT2D eigenvalue weighted by molar-refractivity contribution is 5.88. The number of aromatic nitrogens is 2. The maximum absolute atomic E-state index is 10.8. The van der Waals surface area contributed by atoms with E-state index in [0.717, 1.165) is 17.1 Å². The molecule has 0 bridgehead atoms. The number of hydrogen-bond acceptors (Lipinski definition) is 2. The van der Waals surface area contributed by atoms with Crippen LogP contribution in [0, 0.1) is 13.8 Å². The monoisotopic (exact) mass is 216 g/mol. The van der Waals surface area contributed by atoms with E-state index < -0.39 is 5.97 Å². The molecule has 2 aromatic rings. The summed E-state index contributed by atoms with van der Waals surface area (Å²) in [6.07, 6.45) is 3.58. The molecular formula is C12H12N2O2. The van der Waals surface area contributed by atoms with Gasteiger partial charge in [-0.15, -0.1) is 0 Å². The first kappa shape index (κ1) is 10.4. The number of benzene rings is 1. The van der Waals surface area contributed by atoms with Gasteiger partial charge in [0.1, 0.15) is 5.82 Å². The lowest BCUT2D eigenvalue weighted by Crippen LogP contribution is -2.02. The first-order chi connectivity index (χ1) is 7.59. The van der Waals surface area contributed by atoms with Gasteiger partial charge in [-0.1, -0.05) is 0 Å². The number of carboxylic acid groups (broad SMARTS) is 1. The molecule has 0 spiro atoms. The fraction of sp³-hybridized carbons (Fsp3) is 0.167. The summed E-state index contributed by atoms with van der Waals surface area (Å²) in [6, 6.07) is 5.06. The molecule has 82 valence electrons. The Kier molecular flexibility index (Phi) is 2.48. The summed E-state index contributed by atoms with van der Waals surface area (Å²) < 4.78 is 1.93. The largest absolute Gasteiger partial charge is 0.478 e. The molecule has 0 atom stereocenters. The molecule has 0 fully saturated rings. The van der Waals surface area contributed by atoms with E-state index in [2.05, 4.69) is 4.98 Å². The molecule has 0 unspecified atom stereocenters. The summed E-state index contributed by atoms with van der Waals surface area (Å²) in [4.78, 5) is 14.9. The molecule has 0 radical (unpaired) electrons. The number of nitrogens with zero attached hydrogens (tertiary/aromatic N) is 2. The van der Waals surface area contributed by atoms with Crippen molar-refractivity contribution in [1.82, 2.24) is 9.55 Å². The van der Waals surface area contributed by atoms with Crippen molar-refractivity contribution in [2.75, 3.05) is 0 Å². The van der Waals surface area contributed by atoms with Crippen molar-refractivity contribution in [3.63, 3.8) is 0 Å². The van der Waals surface area contributed by atoms with E-state index in [1.165, 1.54) is 0 Å². The van der Waals surface area contributed by atoms with Gasteiger partial charge in [-0.05, 0) is 37.6 Å². The minimum Gasteiger partial charge on any atom is -0.478 e. The predicted molar refractivity (Wildman–Crippen MR) is 60.0 cm³/mol. The van der Waals surface area contributed by atoms with Crippen molar-refractivity contribution in [2.45, 2.75) is 13.8 Å². The molecule has 4 heteroatoms. The molecule has 0 amide bonds. The molecular weight excluding hydrogens is 204 g/mol. The highest BCUT2D eigenvalue weighted by Crippen LogP contribution is 2.17. The van der Waals surface area contributed by atoms with Crippen LogP contribution >= 0.6 is 0 Å². The van der Waals surface area contributed by atoms with E-state index >= 15 is 0 Å². The van der Waals surface area contributed by atoms with Gasteiger partial charge >= 0.3 is 5.97 Å². The van der Waals surface area contributed by atoms with Crippen LogP contribution in [-0.2, 0) is 0 Å². The van der Waals surface area contributed by atoms with Gasteiger partial charge in [0.15, 0.2) is 0 Å². The smallest absolute Gasteiger partial charge is 0.335 e. The predicted octanol–water partition coefficient (Wildman–Crippen LogP) is 2.19. The molecule has 0 saturated heterocycles. The summed E-state index contributed by atoms with van der Waals surface area (Å²) in [6.45, 7) is 3.80. The van der Waals surface area contributed by atoms with E-state index in [-0.39, 0.29) is 0 Å². The lowest BCUT2D eigenvalue weighted by Gasteiger charge is -2.09. The molecule has 1 aromatic heterocycles. The van der Waals surface area contributed by atoms with Gasteiger partial charge in [0.05, 0.1) is 5.56 Å². The van der Waals surface area contributed by atoms with Crippen LogP contribution in [0.2, 0.25) is 0 Å². The molecule has 16 heavy (non-hydrogen) atoms. The van der Waals surface area contributed by atoms with Crippen molar-refractivity contribution < 1.29 is 9.90 Å². The van der Waals surface area contributed by atoms with Crippen molar-refractivity contribution in [1.29, 1.82) is 0 Å². The van der Waals surface area contributed by atoms with Crippen LogP contribution in [0.25, 0.3) is 5.69 Å². The Morgan fingerprint density at radius 2 is 2.12 bits per heavy atom. The van der Waals surface area contributed by atoms with Gasteiger partial charge in [-0.25, -0.2) is 9.78 Å². The van der Waals surface area contributed by atoms with E-state index in [9.17, 15) is 4.79 Å². The Balaban J connectivity index is 2.52. The van der Waals surface area contributed by atoms with E-state index in [1.807, 2.05) is 24.6 Å². The maximum Gasteiger partial charge on any atom is 0.335 e. The van der Waals surface area contributed by atoms with Crippen molar-refractivity contribution in [2.24, 2.45) is 0 Å². The lowest BCUT2D eigenvalue weighted by atomic mass is 10.1. The summed E-state index contributed by atoms with van der Waals surface area (Å²) in [7, 11) is 0. The van der Waals surface area contributed by atoms with Gasteiger partial charge in [-0.3, -0.25) is 0 Å². The van der Waals surface area contributed by atoms with E-state index in [0.29, 0.717) is 5.56 Å². The highest BCUT2D eigenvalue weighted by atomic mass is 16.4. The molecule has 0 aliphatic carbocycles. The second-order valence-electron chi connectivity index (χ2n) is 3.65. The summed E-state index contributed by atoms with van der Waals surface area (Å²) >= 11 is 0. The molecule has 0 saturated carbocycles. The summed E-state index contributed by atoms with van der Waals surface area (Å²) in [5.74, 6) is -0.0248. The Morgan fingerprint density at radius 1 is 1.38 bits per heavy atom. The first-order valence-corrected chi connectivity index (χ1v) is 4.94. The second-order valence-corrected chi connectivity index (χ2v) is 3.65. The quantitative estimate of drug-likeness (QED) is 0.837. The van der Waals surface area contributed by atoms with Crippen LogP contribution < -0.4 is 0 Å². The van der Waals surface area contributed by atoms with Crippen molar-refractivity contribution in [3.05, 3.63) is 47.5 Å². The number of carbonyl (C=O) groups is 1. The maximum atomic E-state index is 10.8. The number of carboxylic acids is 1. The zero-order valence-electron chi connectivity index (χ0n) is 9.14. The number of imidazole rings is 1. The van der Waals surface area contributed by atoms with Gasteiger partial charge < -0.3 is 9.67 Å². The van der Waals surface area contributed by atoms with Crippen molar-refractivity contribution >= 4 is 5.97 Å². The van der Waals surface area contributed by atoms with Gasteiger partial charge in [0, 0.05) is 18.1 Å². The number of aryl methyl sites for hydroxylation is 2. The van der Waals surface area contributed by atoms with Gasteiger partial charge in [0.2, 0.25) is 0 Å². The Hall–Kier alpha value is -2.10. The average Bonchev–Trinajstić information content (AvgIpc) is 2.64. The minimum absolute atomic E-state index is 0.305. The van der Waals surface area contributed by atoms with Crippen LogP contribution in [0.15, 0.2) is 30.6 Å². The molecule has 4 nitrogen and oxygen atoms in total. The topological polar surface area (TPSA) is 55.1 Å². The molecule has 2 rings (SSSR count). The third-order valence-corrected chi connectivity index (χ3v) is 2.53. The van der Waals surface area contributed by atoms with Gasteiger partial charge in [0.25, 0.3) is 0 Å². The Labute approximate surface area is 93.2 Å². The van der Waals surface area contributed by atoms with Crippen molar-refractivity contribution in [3.8, 4) is 5.69 Å². The normalized spacial score (nSPS) is 10.4. The second kappa shape index (κ2) is 3.81. The zero-order valence-corrected chi connectivity index (χ0v) is 9.14. The molecule has 0 aliphatic rings. The lowest BCUT2D eigenvalue weighted by molar-refractivity contribution is 0.0697. The van der Waals surface area contributed by atoms with Crippen LogP contribution in [0.4, 0.5) is 0 Å². The molecule has 0 aliphatic heterocycles. The fourth-order valence-electron chi connectivity index (χ4n) is 1.69. The molecule has 1 aromatic carbocycles. The standard InChI is InChI=1S/C12H12N2O2/c1-8-7-10(12(15)16)3-4-11(8)14-6-5-13-9(14)2/h3-7H,1-2H3,(H,15,16). The number of rotatable bonds is 2. The molecule has 1 heterocycles. The number of aromatic carboxylic acids is 1. The van der Waals surface area contributed by atoms with E-state index in [4.69, 9.17) is 5.11 Å². The Bertz CT molecular complexity index is 544. The first-order valence-electron chi connectivity index (χ1n) is 4.94. The van der Waals surface area contributed by atoms with Crippen LogP contribution in [0.3, 0.4) is 0 Å².